The van der Waals surface area contributed by atoms with E-state index < -0.39 is 21.8 Å². The van der Waals surface area contributed by atoms with Gasteiger partial charge in [0.15, 0.2) is 0 Å². The van der Waals surface area contributed by atoms with E-state index in [1.54, 1.807) is 31.6 Å². The lowest BCUT2D eigenvalue weighted by Gasteiger charge is -2.31. The average Bonchev–Trinajstić information content (AvgIpc) is 3.07. The summed E-state index contributed by atoms with van der Waals surface area (Å²) in [6.07, 6.45) is 4.64. The lowest BCUT2D eigenvalue weighted by molar-refractivity contribution is -0.134. The van der Waals surface area contributed by atoms with Crippen molar-refractivity contribution in [1.29, 1.82) is 0 Å². The Hall–Kier alpha value is -3.54. The molecule has 0 fully saturated rings. The van der Waals surface area contributed by atoms with E-state index in [1.165, 1.54) is 22.1 Å². The van der Waals surface area contributed by atoms with Gasteiger partial charge in [0.1, 0.15) is 22.7 Å². The Bertz CT molecular complexity index is 1500. The molecule has 1 aliphatic heterocycles. The van der Waals surface area contributed by atoms with Gasteiger partial charge in [0, 0.05) is 30.9 Å². The summed E-state index contributed by atoms with van der Waals surface area (Å²) in [7, 11) is -2.54. The minimum Gasteiger partial charge on any atom is -0.497 e. The number of halogens is 1. The monoisotopic (exact) mass is 600 g/mol. The number of carboxylic acids is 1. The number of unbranched alkanes of at least 4 members (excludes halogenated alkanes) is 1. The number of methoxy groups -OCH3 is 1. The average molecular weight is 601 g/mol. The molecule has 0 saturated heterocycles. The van der Waals surface area contributed by atoms with Crippen LogP contribution in [-0.4, -0.2) is 49.8 Å². The lowest BCUT2D eigenvalue weighted by atomic mass is 10.1. The van der Waals surface area contributed by atoms with Gasteiger partial charge in [-0.1, -0.05) is 50.1 Å². The van der Waals surface area contributed by atoms with E-state index in [9.17, 15) is 17.6 Å². The van der Waals surface area contributed by atoms with Gasteiger partial charge in [0.25, 0.3) is 0 Å². The summed E-state index contributed by atoms with van der Waals surface area (Å²) < 4.78 is 55.1. The fraction of sp³-hybridized carbons (Fsp3) is 0.300. The van der Waals surface area contributed by atoms with E-state index in [0.717, 1.165) is 24.1 Å². The van der Waals surface area contributed by atoms with Gasteiger partial charge in [0.05, 0.1) is 17.7 Å². The van der Waals surface area contributed by atoms with Crippen LogP contribution in [-0.2, 0) is 21.4 Å². The van der Waals surface area contributed by atoms with Gasteiger partial charge in [-0.2, -0.15) is 8.70 Å². The van der Waals surface area contributed by atoms with Gasteiger partial charge in [-0.15, -0.1) is 11.8 Å². The van der Waals surface area contributed by atoms with Crippen molar-refractivity contribution in [3.63, 3.8) is 0 Å². The first-order valence-electron chi connectivity index (χ1n) is 13.1. The number of nitrogens with zero attached hydrogens (tertiary/aromatic N) is 2. The third-order valence-corrected chi connectivity index (χ3v) is 9.56. The predicted molar refractivity (Wildman–Crippen MR) is 158 cm³/mol. The lowest BCUT2D eigenvalue weighted by Crippen LogP contribution is -2.43. The summed E-state index contributed by atoms with van der Waals surface area (Å²) in [6, 6.07) is 19.6. The van der Waals surface area contributed by atoms with Gasteiger partial charge in [0.2, 0.25) is 15.9 Å². The first-order chi connectivity index (χ1) is 19.7. The SMILES string of the molecule is CCCCC1CN(c2ccccc2)c2cc(SC)c(O/C=C(\F)C(=O)O)cc2S(=O)(=O)N1Cc1ccc(OC)cc1. The molecule has 0 aliphatic carbocycles. The zero-order valence-corrected chi connectivity index (χ0v) is 24.8. The number of fused-ring (bicyclic) bond motifs is 1. The van der Waals surface area contributed by atoms with Crippen LogP contribution in [0.4, 0.5) is 15.8 Å². The molecule has 0 amide bonds. The van der Waals surface area contributed by atoms with E-state index in [2.05, 4.69) is 6.92 Å². The molecule has 1 N–H and O–H groups in total. The van der Waals surface area contributed by atoms with Crippen molar-refractivity contribution in [3.8, 4) is 11.5 Å². The Balaban J connectivity index is 1.92. The number of thioether (sulfide) groups is 1. The van der Waals surface area contributed by atoms with Crippen LogP contribution >= 0.6 is 11.8 Å². The topological polar surface area (TPSA) is 96.4 Å². The van der Waals surface area contributed by atoms with E-state index in [-0.39, 0.29) is 23.2 Å². The van der Waals surface area contributed by atoms with Crippen molar-refractivity contribution in [3.05, 3.63) is 84.4 Å². The molecule has 0 spiro atoms. The Kier molecular flexibility index (Phi) is 9.95. The van der Waals surface area contributed by atoms with Crippen LogP contribution in [0.2, 0.25) is 0 Å². The molecule has 0 saturated carbocycles. The van der Waals surface area contributed by atoms with Crippen LogP contribution in [0.5, 0.6) is 11.5 Å². The molecule has 0 radical (unpaired) electrons. The van der Waals surface area contributed by atoms with Crippen LogP contribution in [0, 0.1) is 0 Å². The Morgan fingerprint density at radius 3 is 2.46 bits per heavy atom. The number of anilines is 2. The summed E-state index contributed by atoms with van der Waals surface area (Å²) in [6.45, 7) is 2.62. The summed E-state index contributed by atoms with van der Waals surface area (Å²) >= 11 is 1.28. The number of benzene rings is 3. The zero-order valence-electron chi connectivity index (χ0n) is 23.1. The normalized spacial score (nSPS) is 17.0. The molecule has 3 aromatic rings. The van der Waals surface area contributed by atoms with Gasteiger partial charge in [-0.05, 0) is 48.6 Å². The van der Waals surface area contributed by atoms with Crippen molar-refractivity contribution in [1.82, 2.24) is 4.31 Å². The maximum atomic E-state index is 14.5. The summed E-state index contributed by atoms with van der Waals surface area (Å²) in [5, 5.41) is 8.92. The van der Waals surface area contributed by atoms with E-state index in [0.29, 0.717) is 35.6 Å². The number of ether oxygens (including phenoxy) is 2. The highest BCUT2D eigenvalue weighted by molar-refractivity contribution is 7.98. The van der Waals surface area contributed by atoms with Crippen LogP contribution in [0.15, 0.2) is 88.6 Å². The molecule has 1 atom stereocenters. The van der Waals surface area contributed by atoms with Crippen LogP contribution < -0.4 is 14.4 Å². The van der Waals surface area contributed by atoms with Gasteiger partial charge < -0.3 is 19.5 Å². The fourth-order valence-corrected chi connectivity index (χ4v) is 7.10. The standard InChI is InChI=1S/C30H33FN2O6S2/c1-4-5-9-23-19-32(22-10-7-6-8-11-22)26-16-28(40-3)27(39-20-25(31)30(34)35)17-29(26)41(36,37)33(23)18-21-12-14-24(38-2)15-13-21/h6-8,10-17,20,23H,4-5,9,18-19H2,1-3H3,(H,34,35)/b25-20-. The quantitative estimate of drug-likeness (QED) is 0.150. The maximum Gasteiger partial charge on any atom is 0.368 e. The molecule has 11 heteroatoms. The van der Waals surface area contributed by atoms with Crippen molar-refractivity contribution in [2.45, 2.75) is 48.6 Å². The minimum atomic E-state index is -4.12. The van der Waals surface area contributed by atoms with Crippen molar-refractivity contribution in [2.24, 2.45) is 0 Å². The Labute approximate surface area is 244 Å². The summed E-state index contributed by atoms with van der Waals surface area (Å²) in [4.78, 5) is 13.5. The first kappa shape index (κ1) is 30.4. The second-order valence-corrected chi connectivity index (χ2v) is 12.2. The molecule has 1 unspecified atom stereocenters. The molecule has 0 bridgehead atoms. The molecule has 218 valence electrons. The highest BCUT2D eigenvalue weighted by atomic mass is 32.2. The fourth-order valence-electron chi connectivity index (χ4n) is 4.74. The number of carboxylic acid groups (broad SMARTS) is 1. The molecule has 4 rings (SSSR count). The maximum absolute atomic E-state index is 14.5. The number of hydrogen-bond acceptors (Lipinski definition) is 7. The van der Waals surface area contributed by atoms with Crippen LogP contribution in [0.1, 0.15) is 31.7 Å². The van der Waals surface area contributed by atoms with E-state index >= 15 is 0 Å². The molecule has 1 aliphatic rings. The second-order valence-electron chi connectivity index (χ2n) is 9.50. The first-order valence-corrected chi connectivity index (χ1v) is 15.8. The molecular formula is C30H33FN2O6S2. The largest absolute Gasteiger partial charge is 0.497 e. The van der Waals surface area contributed by atoms with E-state index in [1.807, 2.05) is 47.4 Å². The highest BCUT2D eigenvalue weighted by Gasteiger charge is 2.40. The molecule has 1 heterocycles. The molecular weight excluding hydrogens is 567 g/mol. The number of sulfonamides is 1. The van der Waals surface area contributed by atoms with Gasteiger partial charge >= 0.3 is 5.97 Å². The zero-order chi connectivity index (χ0) is 29.6. The molecule has 41 heavy (non-hydrogen) atoms. The smallest absolute Gasteiger partial charge is 0.368 e. The predicted octanol–water partition coefficient (Wildman–Crippen LogP) is 6.59. The van der Waals surface area contributed by atoms with Gasteiger partial charge in [-0.3, -0.25) is 0 Å². The third kappa shape index (κ3) is 6.86. The minimum absolute atomic E-state index is 0.00852. The second kappa shape index (κ2) is 13.4. The molecule has 3 aromatic carbocycles. The number of aliphatic carboxylic acids is 1. The Morgan fingerprint density at radius 2 is 1.85 bits per heavy atom. The summed E-state index contributed by atoms with van der Waals surface area (Å²) in [5.74, 6) is -2.57. The Morgan fingerprint density at radius 1 is 1.15 bits per heavy atom. The number of carbonyl (C=O) groups is 1. The van der Waals surface area contributed by atoms with Crippen LogP contribution in [0.3, 0.4) is 0 Å². The van der Waals surface area contributed by atoms with E-state index in [4.69, 9.17) is 14.6 Å². The number of rotatable bonds is 11. The van der Waals surface area contributed by atoms with Crippen LogP contribution in [0.25, 0.3) is 0 Å². The highest BCUT2D eigenvalue weighted by Crippen LogP contribution is 2.44. The third-order valence-electron chi connectivity index (χ3n) is 6.87. The van der Waals surface area contributed by atoms with Crippen molar-refractivity contribution >= 4 is 39.1 Å². The number of hydrogen-bond donors (Lipinski definition) is 1. The molecule has 8 nitrogen and oxygen atoms in total. The summed E-state index contributed by atoms with van der Waals surface area (Å²) in [5.41, 5.74) is 2.10. The van der Waals surface area contributed by atoms with Crippen molar-refractivity contribution in [2.75, 3.05) is 24.8 Å². The number of para-hydroxylation sites is 1. The van der Waals surface area contributed by atoms with Crippen molar-refractivity contribution < 1.29 is 32.2 Å². The molecule has 0 aromatic heterocycles. The van der Waals surface area contributed by atoms with Gasteiger partial charge in [-0.25, -0.2) is 13.2 Å².